The van der Waals surface area contributed by atoms with E-state index in [-0.39, 0.29) is 23.9 Å². The van der Waals surface area contributed by atoms with Crippen molar-refractivity contribution in [2.45, 2.75) is 40.5 Å². The van der Waals surface area contributed by atoms with Gasteiger partial charge in [0.1, 0.15) is 0 Å². The van der Waals surface area contributed by atoms with Crippen molar-refractivity contribution in [3.63, 3.8) is 0 Å². The van der Waals surface area contributed by atoms with Crippen LogP contribution in [0.5, 0.6) is 0 Å². The first-order valence-electron chi connectivity index (χ1n) is 10.4. The van der Waals surface area contributed by atoms with E-state index in [0.717, 1.165) is 12.8 Å². The Morgan fingerprint density at radius 2 is 1.31 bits per heavy atom. The van der Waals surface area contributed by atoms with Crippen LogP contribution in [-0.4, -0.2) is 25.0 Å². The fourth-order valence-electron chi connectivity index (χ4n) is 3.96. The lowest BCUT2D eigenvalue weighted by atomic mass is 9.74. The van der Waals surface area contributed by atoms with Gasteiger partial charge in [0.2, 0.25) is 0 Å². The van der Waals surface area contributed by atoms with Gasteiger partial charge in [0.15, 0.2) is 0 Å². The van der Waals surface area contributed by atoms with Crippen LogP contribution in [-0.2, 0) is 4.74 Å². The third-order valence-corrected chi connectivity index (χ3v) is 4.86. The minimum atomic E-state index is -0.322. The molecule has 2 rings (SSSR count). The minimum Gasteiger partial charge on any atom is -0.461 e. The summed E-state index contributed by atoms with van der Waals surface area (Å²) in [5.74, 6) is 0.407. The monoisotopic (exact) mass is 395 g/mol. The zero-order chi connectivity index (χ0) is 21.3. The van der Waals surface area contributed by atoms with E-state index in [0.29, 0.717) is 29.5 Å². The molecule has 0 fully saturated rings. The number of hydrogen-bond donors (Lipinski definition) is 1. The van der Waals surface area contributed by atoms with Crippen LogP contribution in [0.15, 0.2) is 60.7 Å². The first-order valence-corrected chi connectivity index (χ1v) is 10.4. The Morgan fingerprint density at radius 3 is 1.79 bits per heavy atom. The number of hydrogen-bond acceptors (Lipinski definition) is 3. The van der Waals surface area contributed by atoms with E-state index in [1.807, 2.05) is 36.4 Å². The second-order valence-corrected chi connectivity index (χ2v) is 8.69. The Bertz CT molecular complexity index is 702. The van der Waals surface area contributed by atoms with Gasteiger partial charge in [-0.1, -0.05) is 64.1 Å². The zero-order valence-electron chi connectivity index (χ0n) is 18.0. The molecule has 0 unspecified atom stereocenters. The number of amides is 1. The topological polar surface area (TPSA) is 55.4 Å². The maximum absolute atomic E-state index is 12.6. The molecule has 1 amide bonds. The average molecular weight is 396 g/mol. The van der Waals surface area contributed by atoms with Crippen molar-refractivity contribution in [1.29, 1.82) is 0 Å². The van der Waals surface area contributed by atoms with E-state index in [1.165, 1.54) is 0 Å². The number of esters is 1. The molecule has 0 aliphatic heterocycles. The number of ether oxygens (including phenoxy) is 1. The van der Waals surface area contributed by atoms with E-state index in [4.69, 9.17) is 4.74 Å². The first-order chi connectivity index (χ1) is 13.8. The fraction of sp³-hybridized carbons (Fsp3) is 0.440. The molecule has 0 saturated carbocycles. The number of carbonyl (C=O) groups excluding carboxylic acids is 2. The van der Waals surface area contributed by atoms with Crippen LogP contribution >= 0.6 is 0 Å². The molecule has 4 heteroatoms. The molecule has 0 aliphatic carbocycles. The van der Waals surface area contributed by atoms with E-state index in [9.17, 15) is 9.59 Å². The van der Waals surface area contributed by atoms with Gasteiger partial charge in [-0.3, -0.25) is 4.79 Å². The number of carbonyl (C=O) groups is 2. The van der Waals surface area contributed by atoms with Gasteiger partial charge in [0, 0.05) is 17.5 Å². The lowest BCUT2D eigenvalue weighted by Gasteiger charge is -2.36. The predicted molar refractivity (Wildman–Crippen MR) is 117 cm³/mol. The summed E-state index contributed by atoms with van der Waals surface area (Å²) in [5, 5.41) is 3.08. The van der Waals surface area contributed by atoms with Crippen LogP contribution in [0.3, 0.4) is 0 Å². The van der Waals surface area contributed by atoms with Crippen molar-refractivity contribution in [2.24, 2.45) is 17.3 Å². The molecule has 4 nitrogen and oxygen atoms in total. The summed E-state index contributed by atoms with van der Waals surface area (Å²) >= 11 is 0. The molecular formula is C25H33NO3. The minimum absolute atomic E-state index is 0.100. The van der Waals surface area contributed by atoms with Crippen LogP contribution in [0.1, 0.15) is 61.3 Å². The highest BCUT2D eigenvalue weighted by Crippen LogP contribution is 2.34. The van der Waals surface area contributed by atoms with Gasteiger partial charge in [-0.05, 0) is 48.9 Å². The molecule has 0 spiro atoms. The van der Waals surface area contributed by atoms with Crippen LogP contribution < -0.4 is 5.32 Å². The maximum atomic E-state index is 12.6. The number of benzene rings is 2. The van der Waals surface area contributed by atoms with Gasteiger partial charge < -0.3 is 10.1 Å². The summed E-state index contributed by atoms with van der Waals surface area (Å²) in [5.41, 5.74) is 0.873. The van der Waals surface area contributed by atoms with Crippen molar-refractivity contribution in [2.75, 3.05) is 13.2 Å². The molecule has 2 aromatic rings. The first kappa shape index (κ1) is 22.7. The summed E-state index contributed by atoms with van der Waals surface area (Å²) in [6.45, 7) is 9.39. The van der Waals surface area contributed by atoms with Crippen molar-refractivity contribution in [3.05, 3.63) is 71.8 Å². The van der Waals surface area contributed by atoms with E-state index >= 15 is 0 Å². The molecule has 2 aromatic carbocycles. The Balaban J connectivity index is 2.14. The van der Waals surface area contributed by atoms with Crippen LogP contribution in [0, 0.1) is 17.3 Å². The Kier molecular flexibility index (Phi) is 8.44. The molecular weight excluding hydrogens is 362 g/mol. The highest BCUT2D eigenvalue weighted by Gasteiger charge is 2.34. The maximum Gasteiger partial charge on any atom is 0.338 e. The summed E-state index contributed by atoms with van der Waals surface area (Å²) < 4.78 is 5.74. The highest BCUT2D eigenvalue weighted by atomic mass is 16.5. The second kappa shape index (κ2) is 10.8. The zero-order valence-corrected chi connectivity index (χ0v) is 18.0. The normalized spacial score (nSPS) is 11.5. The van der Waals surface area contributed by atoms with Crippen molar-refractivity contribution >= 4 is 11.9 Å². The van der Waals surface area contributed by atoms with E-state index in [1.54, 1.807) is 24.3 Å². The van der Waals surface area contributed by atoms with E-state index in [2.05, 4.69) is 33.0 Å². The fourth-order valence-corrected chi connectivity index (χ4v) is 3.96. The van der Waals surface area contributed by atoms with E-state index < -0.39 is 0 Å². The summed E-state index contributed by atoms with van der Waals surface area (Å²) in [6.07, 6.45) is 1.73. The van der Waals surface area contributed by atoms with Gasteiger partial charge in [-0.2, -0.15) is 0 Å². The molecule has 0 aromatic heterocycles. The van der Waals surface area contributed by atoms with Crippen molar-refractivity contribution in [3.8, 4) is 0 Å². The molecule has 0 aliphatic rings. The molecule has 0 saturated heterocycles. The summed E-state index contributed by atoms with van der Waals surface area (Å²) in [6, 6.07) is 18.2. The highest BCUT2D eigenvalue weighted by molar-refractivity contribution is 5.94. The Labute approximate surface area is 174 Å². The molecule has 0 radical (unpaired) electrons. The smallest absolute Gasteiger partial charge is 0.338 e. The molecule has 0 atom stereocenters. The van der Waals surface area contributed by atoms with Crippen LogP contribution in [0.2, 0.25) is 0 Å². The van der Waals surface area contributed by atoms with Crippen LogP contribution in [0.25, 0.3) is 0 Å². The third kappa shape index (κ3) is 7.37. The second-order valence-electron chi connectivity index (χ2n) is 8.69. The standard InChI is InChI=1S/C25H33NO3/c1-19(2)15-25(16-20(3)4,17-26-23(27)21-11-7-5-8-12-21)18-29-24(28)22-13-9-6-10-14-22/h5-14,19-20H,15-18H2,1-4H3,(H,26,27). The average Bonchev–Trinajstić information content (AvgIpc) is 2.70. The summed E-state index contributed by atoms with van der Waals surface area (Å²) in [4.78, 5) is 25.1. The molecule has 156 valence electrons. The predicted octanol–water partition coefficient (Wildman–Crippen LogP) is 5.35. The van der Waals surface area contributed by atoms with Gasteiger partial charge in [-0.15, -0.1) is 0 Å². The third-order valence-electron chi connectivity index (χ3n) is 4.86. The van der Waals surface area contributed by atoms with Crippen molar-refractivity contribution in [1.82, 2.24) is 5.32 Å². The van der Waals surface area contributed by atoms with Gasteiger partial charge in [0.25, 0.3) is 5.91 Å². The van der Waals surface area contributed by atoms with Gasteiger partial charge in [0.05, 0.1) is 12.2 Å². The molecule has 29 heavy (non-hydrogen) atoms. The summed E-state index contributed by atoms with van der Waals surface area (Å²) in [7, 11) is 0. The largest absolute Gasteiger partial charge is 0.461 e. The lowest BCUT2D eigenvalue weighted by Crippen LogP contribution is -2.43. The van der Waals surface area contributed by atoms with Gasteiger partial charge >= 0.3 is 5.97 Å². The molecule has 0 bridgehead atoms. The Morgan fingerprint density at radius 1 is 0.828 bits per heavy atom. The van der Waals surface area contributed by atoms with Crippen LogP contribution in [0.4, 0.5) is 0 Å². The quantitative estimate of drug-likeness (QED) is 0.552. The molecule has 1 N–H and O–H groups in total. The lowest BCUT2D eigenvalue weighted by molar-refractivity contribution is 0.0162. The number of nitrogens with one attached hydrogen (secondary N) is 1. The number of rotatable bonds is 10. The Hall–Kier alpha value is -2.62. The van der Waals surface area contributed by atoms with Gasteiger partial charge in [-0.25, -0.2) is 4.79 Å². The SMILES string of the molecule is CC(C)CC(CNC(=O)c1ccccc1)(COC(=O)c1ccccc1)CC(C)C. The van der Waals surface area contributed by atoms with Crippen molar-refractivity contribution < 1.29 is 14.3 Å². The molecule has 0 heterocycles.